The van der Waals surface area contributed by atoms with Gasteiger partial charge < -0.3 is 14.8 Å². The van der Waals surface area contributed by atoms with Gasteiger partial charge in [0.05, 0.1) is 26.2 Å². The summed E-state index contributed by atoms with van der Waals surface area (Å²) in [4.78, 5) is 33.7. The first-order valence-corrected chi connectivity index (χ1v) is 5.46. The summed E-state index contributed by atoms with van der Waals surface area (Å²) in [7, 11) is 2.61. The fourth-order valence-electron chi connectivity index (χ4n) is 1.97. The summed E-state index contributed by atoms with van der Waals surface area (Å²) in [5, 5.41) is 2.76. The number of esters is 2. The van der Waals surface area contributed by atoms with Crippen LogP contribution in [-0.4, -0.2) is 37.6 Å². The Morgan fingerprint density at radius 1 is 1.29 bits per heavy atom. The molecule has 0 aliphatic carbocycles. The standard InChI is InChI=1S/C11H17NO5/c1-16-9(14)4-6-11(7-10(15)17-2)5-3-8(13)12-11/h3-7H2,1-2H3,(H,12,13). The van der Waals surface area contributed by atoms with E-state index in [4.69, 9.17) is 0 Å². The largest absolute Gasteiger partial charge is 0.469 e. The van der Waals surface area contributed by atoms with Crippen molar-refractivity contribution in [3.8, 4) is 0 Å². The molecule has 0 radical (unpaired) electrons. The van der Waals surface area contributed by atoms with Crippen molar-refractivity contribution in [2.75, 3.05) is 14.2 Å². The molecular formula is C11H17NO5. The fourth-order valence-corrected chi connectivity index (χ4v) is 1.97. The van der Waals surface area contributed by atoms with Gasteiger partial charge in [-0.3, -0.25) is 14.4 Å². The van der Waals surface area contributed by atoms with E-state index in [9.17, 15) is 14.4 Å². The Morgan fingerprint density at radius 2 is 1.94 bits per heavy atom. The lowest BCUT2D eigenvalue weighted by atomic mass is 9.88. The second-order valence-electron chi connectivity index (χ2n) is 4.16. The minimum Gasteiger partial charge on any atom is -0.469 e. The van der Waals surface area contributed by atoms with E-state index in [-0.39, 0.29) is 24.7 Å². The Bertz CT molecular complexity index is 328. The SMILES string of the molecule is COC(=O)CCC1(CC(=O)OC)CCC(=O)N1. The Balaban J connectivity index is 2.63. The second-order valence-corrected chi connectivity index (χ2v) is 4.16. The van der Waals surface area contributed by atoms with Crippen LogP contribution in [0.2, 0.25) is 0 Å². The molecule has 6 nitrogen and oxygen atoms in total. The highest BCUT2D eigenvalue weighted by molar-refractivity contribution is 5.82. The number of carbonyl (C=O) groups is 3. The normalized spacial score (nSPS) is 23.1. The lowest BCUT2D eigenvalue weighted by molar-refractivity contribution is -0.144. The average molecular weight is 243 g/mol. The molecule has 1 fully saturated rings. The summed E-state index contributed by atoms with van der Waals surface area (Å²) >= 11 is 0. The maximum atomic E-state index is 11.3. The number of ether oxygens (including phenoxy) is 2. The van der Waals surface area contributed by atoms with E-state index in [1.807, 2.05) is 0 Å². The van der Waals surface area contributed by atoms with Crippen molar-refractivity contribution in [3.05, 3.63) is 0 Å². The third-order valence-corrected chi connectivity index (χ3v) is 2.98. The van der Waals surface area contributed by atoms with E-state index in [1.165, 1.54) is 14.2 Å². The lowest BCUT2D eigenvalue weighted by Crippen LogP contribution is -2.44. The number of amides is 1. The van der Waals surface area contributed by atoms with Crippen molar-refractivity contribution in [1.82, 2.24) is 5.32 Å². The molecular weight excluding hydrogens is 226 g/mol. The van der Waals surface area contributed by atoms with E-state index >= 15 is 0 Å². The molecule has 6 heteroatoms. The molecule has 1 amide bonds. The van der Waals surface area contributed by atoms with E-state index in [0.717, 1.165) is 0 Å². The van der Waals surface area contributed by atoms with Crippen LogP contribution in [0.25, 0.3) is 0 Å². The average Bonchev–Trinajstić information content (AvgIpc) is 2.68. The molecule has 96 valence electrons. The Morgan fingerprint density at radius 3 is 2.41 bits per heavy atom. The highest BCUT2D eigenvalue weighted by Gasteiger charge is 2.40. The molecule has 1 unspecified atom stereocenters. The smallest absolute Gasteiger partial charge is 0.307 e. The van der Waals surface area contributed by atoms with Crippen LogP contribution < -0.4 is 5.32 Å². The van der Waals surface area contributed by atoms with E-state index in [1.54, 1.807) is 0 Å². The topological polar surface area (TPSA) is 81.7 Å². The van der Waals surface area contributed by atoms with Gasteiger partial charge in [0.15, 0.2) is 0 Å². The minimum atomic E-state index is -0.654. The number of methoxy groups -OCH3 is 2. The van der Waals surface area contributed by atoms with Crippen LogP contribution in [0.3, 0.4) is 0 Å². The molecule has 1 aliphatic heterocycles. The molecule has 1 rings (SSSR count). The molecule has 0 bridgehead atoms. The quantitative estimate of drug-likeness (QED) is 0.695. The van der Waals surface area contributed by atoms with Crippen LogP contribution >= 0.6 is 0 Å². The van der Waals surface area contributed by atoms with Gasteiger partial charge in [0.2, 0.25) is 5.91 Å². The zero-order valence-corrected chi connectivity index (χ0v) is 10.1. The molecule has 0 aromatic heterocycles. The number of nitrogens with one attached hydrogen (secondary N) is 1. The summed E-state index contributed by atoms with van der Waals surface area (Å²) in [6.45, 7) is 0. The summed E-state index contributed by atoms with van der Waals surface area (Å²) in [6, 6.07) is 0. The molecule has 1 atom stereocenters. The summed E-state index contributed by atoms with van der Waals surface area (Å²) in [5.41, 5.74) is -0.654. The molecule has 1 aliphatic rings. The summed E-state index contributed by atoms with van der Waals surface area (Å²) in [5.74, 6) is -0.841. The van der Waals surface area contributed by atoms with E-state index < -0.39 is 11.5 Å². The van der Waals surface area contributed by atoms with Gasteiger partial charge in [-0.25, -0.2) is 0 Å². The van der Waals surface area contributed by atoms with Gasteiger partial charge in [-0.05, 0) is 12.8 Å². The first-order valence-electron chi connectivity index (χ1n) is 5.46. The predicted octanol–water partition coefficient (Wildman–Crippen LogP) is 0.152. The van der Waals surface area contributed by atoms with Gasteiger partial charge in [-0.15, -0.1) is 0 Å². The van der Waals surface area contributed by atoms with Crippen molar-refractivity contribution >= 4 is 17.8 Å². The zero-order valence-electron chi connectivity index (χ0n) is 10.1. The van der Waals surface area contributed by atoms with E-state index in [2.05, 4.69) is 14.8 Å². The van der Waals surface area contributed by atoms with Gasteiger partial charge in [0.25, 0.3) is 0 Å². The van der Waals surface area contributed by atoms with Gasteiger partial charge in [-0.1, -0.05) is 0 Å². The van der Waals surface area contributed by atoms with Gasteiger partial charge in [0.1, 0.15) is 0 Å². The molecule has 0 spiro atoms. The molecule has 1 saturated heterocycles. The lowest BCUT2D eigenvalue weighted by Gasteiger charge is -2.27. The number of rotatable bonds is 5. The van der Waals surface area contributed by atoms with Crippen molar-refractivity contribution in [2.45, 2.75) is 37.6 Å². The number of hydrogen-bond donors (Lipinski definition) is 1. The third kappa shape index (κ3) is 3.72. The van der Waals surface area contributed by atoms with Crippen LogP contribution in [0, 0.1) is 0 Å². The summed E-state index contributed by atoms with van der Waals surface area (Å²) in [6.07, 6.45) is 1.57. The van der Waals surface area contributed by atoms with E-state index in [0.29, 0.717) is 19.3 Å². The monoisotopic (exact) mass is 243 g/mol. The molecule has 1 N–H and O–H groups in total. The van der Waals surface area contributed by atoms with Crippen LogP contribution in [0.15, 0.2) is 0 Å². The van der Waals surface area contributed by atoms with Crippen LogP contribution in [0.1, 0.15) is 32.1 Å². The maximum absolute atomic E-state index is 11.3. The Labute approximate surface area is 99.6 Å². The van der Waals surface area contributed by atoms with Gasteiger partial charge in [-0.2, -0.15) is 0 Å². The zero-order chi connectivity index (χ0) is 12.9. The fraction of sp³-hybridized carbons (Fsp3) is 0.727. The summed E-state index contributed by atoms with van der Waals surface area (Å²) < 4.78 is 9.14. The molecule has 0 aromatic carbocycles. The van der Waals surface area contributed by atoms with Gasteiger partial charge >= 0.3 is 11.9 Å². The highest BCUT2D eigenvalue weighted by atomic mass is 16.5. The number of hydrogen-bond acceptors (Lipinski definition) is 5. The maximum Gasteiger partial charge on any atom is 0.307 e. The Hall–Kier alpha value is -1.59. The van der Waals surface area contributed by atoms with Gasteiger partial charge in [0, 0.05) is 12.8 Å². The van der Waals surface area contributed by atoms with Crippen LogP contribution in [0.5, 0.6) is 0 Å². The van der Waals surface area contributed by atoms with Crippen LogP contribution in [0.4, 0.5) is 0 Å². The first kappa shape index (κ1) is 13.5. The van der Waals surface area contributed by atoms with Crippen molar-refractivity contribution in [1.29, 1.82) is 0 Å². The second kappa shape index (κ2) is 5.65. The van der Waals surface area contributed by atoms with Crippen molar-refractivity contribution in [3.63, 3.8) is 0 Å². The van der Waals surface area contributed by atoms with Crippen molar-refractivity contribution in [2.24, 2.45) is 0 Å². The van der Waals surface area contributed by atoms with Crippen molar-refractivity contribution < 1.29 is 23.9 Å². The Kier molecular flexibility index (Phi) is 4.48. The molecule has 0 saturated carbocycles. The first-order chi connectivity index (χ1) is 8.01. The molecule has 0 aromatic rings. The molecule has 17 heavy (non-hydrogen) atoms. The van der Waals surface area contributed by atoms with Crippen LogP contribution in [-0.2, 0) is 23.9 Å². The third-order valence-electron chi connectivity index (χ3n) is 2.98. The predicted molar refractivity (Wildman–Crippen MR) is 58.0 cm³/mol. The minimum absolute atomic E-state index is 0.0895. The number of carbonyl (C=O) groups excluding carboxylic acids is 3. The highest BCUT2D eigenvalue weighted by Crippen LogP contribution is 2.29. The molecule has 1 heterocycles.